The first-order valence-corrected chi connectivity index (χ1v) is 5.88. The number of hydrogen-bond acceptors (Lipinski definition) is 4. The van der Waals surface area contributed by atoms with Gasteiger partial charge in [-0.25, -0.2) is 4.98 Å². The van der Waals surface area contributed by atoms with Crippen molar-refractivity contribution in [2.45, 2.75) is 19.8 Å². The predicted molar refractivity (Wildman–Crippen MR) is 71.6 cm³/mol. The number of nitrogens with two attached hydrogens (primary N) is 1. The summed E-state index contributed by atoms with van der Waals surface area (Å²) < 4.78 is 0. The number of pyridine rings is 1. The third-order valence-electron chi connectivity index (χ3n) is 2.53. The van der Waals surface area contributed by atoms with Crippen molar-refractivity contribution >= 4 is 17.4 Å². The van der Waals surface area contributed by atoms with E-state index in [1.807, 2.05) is 13.8 Å². The van der Waals surface area contributed by atoms with Crippen LogP contribution in [-0.2, 0) is 0 Å². The molecule has 0 bridgehead atoms. The Morgan fingerprint density at radius 1 is 1.39 bits per heavy atom. The van der Waals surface area contributed by atoms with Crippen LogP contribution >= 0.6 is 11.6 Å². The van der Waals surface area contributed by atoms with Gasteiger partial charge in [0.2, 0.25) is 0 Å². The van der Waals surface area contributed by atoms with E-state index in [1.54, 1.807) is 12.1 Å². The van der Waals surface area contributed by atoms with Crippen molar-refractivity contribution in [3.63, 3.8) is 0 Å². The molecule has 0 fully saturated rings. The van der Waals surface area contributed by atoms with Gasteiger partial charge in [0.25, 0.3) is 5.56 Å². The van der Waals surface area contributed by atoms with E-state index in [9.17, 15) is 4.79 Å². The SMILES string of the molecule is CC(C)c1c(N)nc(-c2ccc(Cl)cn2)[nH]c1=O. The van der Waals surface area contributed by atoms with Crippen LogP contribution in [0.4, 0.5) is 5.82 Å². The third-order valence-corrected chi connectivity index (χ3v) is 2.76. The van der Waals surface area contributed by atoms with Gasteiger partial charge in [-0.2, -0.15) is 0 Å². The van der Waals surface area contributed by atoms with E-state index in [-0.39, 0.29) is 17.3 Å². The lowest BCUT2D eigenvalue weighted by atomic mass is 10.1. The predicted octanol–water partition coefficient (Wildman–Crippen LogP) is 2.19. The molecule has 0 saturated heterocycles. The van der Waals surface area contributed by atoms with Gasteiger partial charge in [0.1, 0.15) is 11.5 Å². The summed E-state index contributed by atoms with van der Waals surface area (Å²) in [4.78, 5) is 22.9. The maximum Gasteiger partial charge on any atom is 0.256 e. The highest BCUT2D eigenvalue weighted by Crippen LogP contribution is 2.19. The van der Waals surface area contributed by atoms with Gasteiger partial charge in [0.15, 0.2) is 5.82 Å². The Hall–Kier alpha value is -1.88. The van der Waals surface area contributed by atoms with Gasteiger partial charge in [0.05, 0.1) is 10.6 Å². The molecular formula is C12H13ClN4O. The van der Waals surface area contributed by atoms with Crippen molar-refractivity contribution in [1.29, 1.82) is 0 Å². The number of nitrogens with zero attached hydrogens (tertiary/aromatic N) is 2. The number of anilines is 1. The molecule has 0 atom stereocenters. The highest BCUT2D eigenvalue weighted by Gasteiger charge is 2.13. The normalized spacial score (nSPS) is 10.9. The molecule has 2 aromatic rings. The fourth-order valence-electron chi connectivity index (χ4n) is 1.69. The van der Waals surface area contributed by atoms with Crippen molar-refractivity contribution in [1.82, 2.24) is 15.0 Å². The van der Waals surface area contributed by atoms with E-state index >= 15 is 0 Å². The second kappa shape index (κ2) is 4.78. The van der Waals surface area contributed by atoms with Crippen LogP contribution in [0.2, 0.25) is 5.02 Å². The van der Waals surface area contributed by atoms with Crippen LogP contribution in [0.3, 0.4) is 0 Å². The Balaban J connectivity index is 2.55. The molecule has 0 aliphatic heterocycles. The zero-order valence-electron chi connectivity index (χ0n) is 10.1. The summed E-state index contributed by atoms with van der Waals surface area (Å²) in [5, 5.41) is 0.521. The van der Waals surface area contributed by atoms with Gasteiger partial charge in [-0.15, -0.1) is 0 Å². The maximum atomic E-state index is 11.9. The molecule has 2 aromatic heterocycles. The first kappa shape index (κ1) is 12.6. The number of aromatic amines is 1. The molecule has 0 aliphatic carbocycles. The molecular weight excluding hydrogens is 252 g/mol. The van der Waals surface area contributed by atoms with Crippen molar-refractivity contribution in [3.8, 4) is 11.5 Å². The molecule has 0 aromatic carbocycles. The first-order chi connectivity index (χ1) is 8.49. The second-order valence-corrected chi connectivity index (χ2v) is 4.67. The molecule has 0 spiro atoms. The molecule has 0 amide bonds. The summed E-state index contributed by atoms with van der Waals surface area (Å²) in [6.45, 7) is 3.78. The van der Waals surface area contributed by atoms with Gasteiger partial charge in [0, 0.05) is 6.20 Å². The van der Waals surface area contributed by atoms with E-state index in [2.05, 4.69) is 15.0 Å². The van der Waals surface area contributed by atoms with Crippen molar-refractivity contribution < 1.29 is 0 Å². The maximum absolute atomic E-state index is 11.9. The van der Waals surface area contributed by atoms with Gasteiger partial charge >= 0.3 is 0 Å². The summed E-state index contributed by atoms with van der Waals surface area (Å²) >= 11 is 5.75. The largest absolute Gasteiger partial charge is 0.383 e. The number of aromatic nitrogens is 3. The number of hydrogen-bond donors (Lipinski definition) is 2. The van der Waals surface area contributed by atoms with E-state index in [1.165, 1.54) is 6.20 Å². The Kier molecular flexibility index (Phi) is 3.34. The first-order valence-electron chi connectivity index (χ1n) is 5.50. The summed E-state index contributed by atoms with van der Waals surface area (Å²) in [5.74, 6) is 0.604. The summed E-state index contributed by atoms with van der Waals surface area (Å²) in [6.07, 6.45) is 1.49. The zero-order chi connectivity index (χ0) is 13.3. The van der Waals surface area contributed by atoms with Crippen LogP contribution < -0.4 is 11.3 Å². The third kappa shape index (κ3) is 2.36. The van der Waals surface area contributed by atoms with Crippen LogP contribution in [0.1, 0.15) is 25.3 Å². The number of nitrogen functional groups attached to an aromatic ring is 1. The molecule has 3 N–H and O–H groups in total. The average Bonchev–Trinajstić information content (AvgIpc) is 2.28. The van der Waals surface area contributed by atoms with Gasteiger partial charge < -0.3 is 10.7 Å². The minimum Gasteiger partial charge on any atom is -0.383 e. The van der Waals surface area contributed by atoms with Gasteiger partial charge in [-0.1, -0.05) is 25.4 Å². The Morgan fingerprint density at radius 3 is 2.61 bits per heavy atom. The summed E-state index contributed by atoms with van der Waals surface area (Å²) in [5.41, 5.74) is 6.59. The lowest BCUT2D eigenvalue weighted by Crippen LogP contribution is -2.19. The van der Waals surface area contributed by atoms with Crippen LogP contribution in [-0.4, -0.2) is 15.0 Å². The van der Waals surface area contributed by atoms with Crippen LogP contribution in [0.25, 0.3) is 11.5 Å². The average molecular weight is 265 g/mol. The molecule has 94 valence electrons. The number of rotatable bonds is 2. The monoisotopic (exact) mass is 264 g/mol. The van der Waals surface area contributed by atoms with Gasteiger partial charge in [-0.3, -0.25) is 9.78 Å². The molecule has 0 unspecified atom stereocenters. The lowest BCUT2D eigenvalue weighted by Gasteiger charge is -2.08. The van der Waals surface area contributed by atoms with E-state index in [0.29, 0.717) is 22.1 Å². The zero-order valence-corrected chi connectivity index (χ0v) is 10.8. The van der Waals surface area contributed by atoms with Crippen LogP contribution in [0.15, 0.2) is 23.1 Å². The number of nitrogens with one attached hydrogen (secondary N) is 1. The summed E-state index contributed by atoms with van der Waals surface area (Å²) in [6, 6.07) is 3.35. The van der Waals surface area contributed by atoms with E-state index in [0.717, 1.165) is 0 Å². The van der Waals surface area contributed by atoms with Gasteiger partial charge in [-0.05, 0) is 18.1 Å². The fourth-order valence-corrected chi connectivity index (χ4v) is 1.81. The smallest absolute Gasteiger partial charge is 0.256 e. The molecule has 0 aliphatic rings. The van der Waals surface area contributed by atoms with Crippen molar-refractivity contribution in [2.24, 2.45) is 0 Å². The minimum absolute atomic E-state index is 0.0217. The fraction of sp³-hybridized carbons (Fsp3) is 0.250. The molecule has 2 heterocycles. The van der Waals surface area contributed by atoms with Crippen LogP contribution in [0, 0.1) is 0 Å². The molecule has 2 rings (SSSR count). The number of halogens is 1. The van der Waals surface area contributed by atoms with Crippen molar-refractivity contribution in [2.75, 3.05) is 5.73 Å². The van der Waals surface area contributed by atoms with Crippen LogP contribution in [0.5, 0.6) is 0 Å². The highest BCUT2D eigenvalue weighted by molar-refractivity contribution is 6.30. The second-order valence-electron chi connectivity index (χ2n) is 4.23. The van der Waals surface area contributed by atoms with Crippen molar-refractivity contribution in [3.05, 3.63) is 39.3 Å². The standard InChI is InChI=1S/C12H13ClN4O/c1-6(2)9-10(14)16-11(17-12(9)18)8-4-3-7(13)5-15-8/h3-6H,1-2H3,(H3,14,16,17,18). The Labute approximate surface area is 109 Å². The quantitative estimate of drug-likeness (QED) is 0.871. The number of H-pyrrole nitrogens is 1. The van der Waals surface area contributed by atoms with E-state index in [4.69, 9.17) is 17.3 Å². The Morgan fingerprint density at radius 2 is 2.11 bits per heavy atom. The highest BCUT2D eigenvalue weighted by atomic mass is 35.5. The summed E-state index contributed by atoms with van der Waals surface area (Å²) in [7, 11) is 0. The topological polar surface area (TPSA) is 84.7 Å². The van der Waals surface area contributed by atoms with E-state index < -0.39 is 0 Å². The lowest BCUT2D eigenvalue weighted by molar-refractivity contribution is 0.836. The Bertz CT molecular complexity index is 619. The minimum atomic E-state index is -0.232. The molecule has 5 nitrogen and oxygen atoms in total. The molecule has 0 saturated carbocycles. The molecule has 0 radical (unpaired) electrons. The molecule has 18 heavy (non-hydrogen) atoms. The molecule has 6 heteroatoms.